The number of carbonyl (C=O) groups is 2. The molecule has 0 spiro atoms. The number of nitrogens with one attached hydrogen (secondary N) is 2. The van der Waals surface area contributed by atoms with Crippen LogP contribution in [0, 0.1) is 0 Å². The topological polar surface area (TPSA) is 73.9 Å². The Morgan fingerprint density at radius 3 is 2.51 bits per heavy atom. The van der Waals surface area contributed by atoms with Gasteiger partial charge >= 0.3 is 0 Å². The quantitative estimate of drug-likeness (QED) is 0.663. The Hall–Kier alpha value is -2.90. The maximum atomic E-state index is 13.5. The van der Waals surface area contributed by atoms with Crippen LogP contribution in [0.25, 0.3) is 0 Å². The van der Waals surface area contributed by atoms with Crippen LogP contribution >= 0.6 is 0 Å². The van der Waals surface area contributed by atoms with E-state index in [1.165, 1.54) is 11.1 Å². The van der Waals surface area contributed by atoms with Crippen molar-refractivity contribution in [1.82, 2.24) is 20.4 Å². The summed E-state index contributed by atoms with van der Waals surface area (Å²) < 4.78 is 6.16. The van der Waals surface area contributed by atoms with Gasteiger partial charge in [0.1, 0.15) is 18.4 Å². The van der Waals surface area contributed by atoms with Gasteiger partial charge in [0.2, 0.25) is 11.8 Å². The molecule has 1 aliphatic heterocycles. The van der Waals surface area contributed by atoms with Crippen LogP contribution in [0.5, 0.6) is 5.75 Å². The van der Waals surface area contributed by atoms with Crippen molar-refractivity contribution in [3.05, 3.63) is 65.7 Å². The van der Waals surface area contributed by atoms with Gasteiger partial charge in [-0.25, -0.2) is 0 Å². The van der Waals surface area contributed by atoms with Crippen molar-refractivity contribution in [2.24, 2.45) is 0 Å². The molecule has 0 saturated carbocycles. The highest BCUT2D eigenvalue weighted by molar-refractivity contribution is 5.89. The molecular formula is C30H44N4O3. The van der Waals surface area contributed by atoms with E-state index in [0.29, 0.717) is 19.7 Å². The molecular weight excluding hydrogens is 464 g/mol. The Balaban J connectivity index is 1.81. The van der Waals surface area contributed by atoms with Crippen LogP contribution in [0.4, 0.5) is 0 Å². The maximum Gasteiger partial charge on any atom is 0.242 e. The minimum atomic E-state index is -0.569. The van der Waals surface area contributed by atoms with Gasteiger partial charge in [0.15, 0.2) is 0 Å². The van der Waals surface area contributed by atoms with Crippen molar-refractivity contribution >= 4 is 11.8 Å². The van der Waals surface area contributed by atoms with Crippen LogP contribution in [0.15, 0.2) is 54.6 Å². The number of rotatable bonds is 4. The van der Waals surface area contributed by atoms with Crippen molar-refractivity contribution in [2.75, 3.05) is 40.3 Å². The second kappa shape index (κ2) is 14.7. The smallest absolute Gasteiger partial charge is 0.242 e. The molecule has 0 unspecified atom stereocenters. The minimum Gasteiger partial charge on any atom is -0.492 e. The van der Waals surface area contributed by atoms with Gasteiger partial charge < -0.3 is 20.3 Å². The molecule has 2 aromatic carbocycles. The van der Waals surface area contributed by atoms with Gasteiger partial charge in [0.25, 0.3) is 0 Å². The number of hydrogen-bond donors (Lipinski definition) is 2. The average molecular weight is 509 g/mol. The summed E-state index contributed by atoms with van der Waals surface area (Å²) in [5.74, 6) is 0.747. The SMILES string of the molecule is CCC[C@H]1C(=O)N(C)[C@H](C)C(=O)N[C@H](Cc2ccccc2)CNCCCc2ccccc2OCCN1C. The highest BCUT2D eigenvalue weighted by Crippen LogP contribution is 2.20. The van der Waals surface area contributed by atoms with Crippen LogP contribution in [0.3, 0.4) is 0 Å². The van der Waals surface area contributed by atoms with Gasteiger partial charge in [-0.05, 0) is 63.4 Å². The highest BCUT2D eigenvalue weighted by Gasteiger charge is 2.31. The number of ether oxygens (including phenoxy) is 1. The number of fused-ring (bicyclic) bond motifs is 1. The van der Waals surface area contributed by atoms with E-state index < -0.39 is 6.04 Å². The Morgan fingerprint density at radius 1 is 1.03 bits per heavy atom. The molecule has 37 heavy (non-hydrogen) atoms. The van der Waals surface area contributed by atoms with E-state index in [4.69, 9.17) is 4.74 Å². The van der Waals surface area contributed by atoms with Crippen molar-refractivity contribution in [3.8, 4) is 5.75 Å². The minimum absolute atomic E-state index is 0.0359. The van der Waals surface area contributed by atoms with Crippen LogP contribution in [-0.4, -0.2) is 80.1 Å². The summed E-state index contributed by atoms with van der Waals surface area (Å²) in [6.07, 6.45) is 4.21. The molecule has 2 aromatic rings. The Labute approximate surface area is 222 Å². The first-order valence-electron chi connectivity index (χ1n) is 13.6. The predicted molar refractivity (Wildman–Crippen MR) is 149 cm³/mol. The summed E-state index contributed by atoms with van der Waals surface area (Å²) in [6, 6.07) is 17.4. The van der Waals surface area contributed by atoms with Crippen LogP contribution < -0.4 is 15.4 Å². The van der Waals surface area contributed by atoms with E-state index in [9.17, 15) is 9.59 Å². The van der Waals surface area contributed by atoms with Gasteiger partial charge in [0, 0.05) is 26.2 Å². The normalized spacial score (nSPS) is 23.4. The Kier molecular flexibility index (Phi) is 11.4. The number of nitrogens with zero attached hydrogens (tertiary/aromatic N) is 2. The molecule has 2 amide bonds. The predicted octanol–water partition coefficient (Wildman–Crippen LogP) is 3.28. The number of amides is 2. The molecule has 0 bridgehead atoms. The summed E-state index contributed by atoms with van der Waals surface area (Å²) in [5.41, 5.74) is 2.36. The number of likely N-dealkylation sites (N-methyl/N-ethyl adjacent to an activating group) is 2. The Morgan fingerprint density at radius 2 is 1.76 bits per heavy atom. The molecule has 2 N–H and O–H groups in total. The lowest BCUT2D eigenvalue weighted by Crippen LogP contribution is -2.55. The van der Waals surface area contributed by atoms with Gasteiger partial charge in [0.05, 0.1) is 6.04 Å². The fourth-order valence-electron chi connectivity index (χ4n) is 4.79. The average Bonchev–Trinajstić information content (AvgIpc) is 2.91. The number of hydrogen-bond acceptors (Lipinski definition) is 5. The molecule has 3 atom stereocenters. The zero-order valence-electron chi connectivity index (χ0n) is 22.9. The molecule has 3 rings (SSSR count). The second-order valence-corrected chi connectivity index (χ2v) is 10.1. The second-order valence-electron chi connectivity index (χ2n) is 10.1. The Bertz CT molecular complexity index is 984. The van der Waals surface area contributed by atoms with Crippen LogP contribution in [-0.2, 0) is 22.4 Å². The van der Waals surface area contributed by atoms with Crippen LogP contribution in [0.1, 0.15) is 44.2 Å². The monoisotopic (exact) mass is 508 g/mol. The zero-order chi connectivity index (χ0) is 26.6. The van der Waals surface area contributed by atoms with Crippen molar-refractivity contribution in [3.63, 3.8) is 0 Å². The third kappa shape index (κ3) is 8.58. The van der Waals surface area contributed by atoms with E-state index in [0.717, 1.165) is 44.4 Å². The zero-order valence-corrected chi connectivity index (χ0v) is 22.9. The van der Waals surface area contributed by atoms with Crippen molar-refractivity contribution in [1.29, 1.82) is 0 Å². The first-order valence-corrected chi connectivity index (χ1v) is 13.6. The molecule has 7 heteroatoms. The summed E-state index contributed by atoms with van der Waals surface area (Å²) >= 11 is 0. The van der Waals surface area contributed by atoms with Gasteiger partial charge in [-0.3, -0.25) is 14.5 Å². The number of carbonyl (C=O) groups excluding carboxylic acids is 2. The first kappa shape index (κ1) is 28.7. The first-order chi connectivity index (χ1) is 17.9. The molecule has 1 aliphatic rings. The highest BCUT2D eigenvalue weighted by atomic mass is 16.5. The van der Waals surface area contributed by atoms with Crippen molar-refractivity contribution in [2.45, 2.75) is 64.1 Å². The standard InChI is InChI=1S/C30H44N4O3/c1-5-12-27-30(36)34(4)23(2)29(35)32-26(21-24-13-7-6-8-14-24)22-31-18-11-16-25-15-9-10-17-28(25)37-20-19-33(27)3/h6-10,13-15,17,23,26-27,31H,5,11-12,16,18-22H2,1-4H3,(H,32,35)/t23-,26-,27+/m1/s1. The molecule has 202 valence electrons. The molecule has 7 nitrogen and oxygen atoms in total. The number of para-hydroxylation sites is 1. The van der Waals surface area contributed by atoms with Crippen LogP contribution in [0.2, 0.25) is 0 Å². The fraction of sp³-hybridized carbons (Fsp3) is 0.533. The van der Waals surface area contributed by atoms with E-state index in [1.807, 2.05) is 50.4 Å². The van der Waals surface area contributed by atoms with E-state index in [1.54, 1.807) is 11.9 Å². The third-order valence-electron chi connectivity index (χ3n) is 7.22. The lowest BCUT2D eigenvalue weighted by molar-refractivity contribution is -0.142. The van der Waals surface area contributed by atoms with E-state index in [2.05, 4.69) is 40.7 Å². The van der Waals surface area contributed by atoms with Gasteiger partial charge in [-0.2, -0.15) is 0 Å². The van der Waals surface area contributed by atoms with E-state index in [-0.39, 0.29) is 23.9 Å². The summed E-state index contributed by atoms with van der Waals surface area (Å²) in [5, 5.41) is 6.75. The molecule has 1 heterocycles. The maximum absolute atomic E-state index is 13.5. The van der Waals surface area contributed by atoms with E-state index >= 15 is 0 Å². The van der Waals surface area contributed by atoms with Gasteiger partial charge in [-0.15, -0.1) is 0 Å². The number of aryl methyl sites for hydroxylation is 1. The summed E-state index contributed by atoms with van der Waals surface area (Å²) in [6.45, 7) is 6.51. The molecule has 0 saturated heterocycles. The van der Waals surface area contributed by atoms with Gasteiger partial charge in [-0.1, -0.05) is 61.9 Å². The lowest BCUT2D eigenvalue weighted by Gasteiger charge is -2.33. The molecule has 0 radical (unpaired) electrons. The fourth-order valence-corrected chi connectivity index (χ4v) is 4.79. The number of benzene rings is 2. The third-order valence-corrected chi connectivity index (χ3v) is 7.22. The van der Waals surface area contributed by atoms with Crippen molar-refractivity contribution < 1.29 is 14.3 Å². The summed E-state index contributed by atoms with van der Waals surface area (Å²) in [7, 11) is 3.70. The largest absolute Gasteiger partial charge is 0.492 e. The molecule has 0 aliphatic carbocycles. The summed E-state index contributed by atoms with van der Waals surface area (Å²) in [4.78, 5) is 30.4. The lowest BCUT2D eigenvalue weighted by atomic mass is 10.0. The molecule has 0 aromatic heterocycles. The molecule has 0 fully saturated rings.